The van der Waals surface area contributed by atoms with E-state index in [1.54, 1.807) is 12.3 Å². The molecule has 0 amide bonds. The Morgan fingerprint density at radius 3 is 2.69 bits per heavy atom. The zero-order chi connectivity index (χ0) is 9.90. The van der Waals surface area contributed by atoms with Crippen molar-refractivity contribution >= 4 is 11.6 Å². The van der Waals surface area contributed by atoms with Crippen LogP contribution in [0, 0.1) is 0 Å². The molecule has 0 saturated heterocycles. The van der Waals surface area contributed by atoms with Crippen molar-refractivity contribution in [3.63, 3.8) is 0 Å². The molecule has 0 aliphatic heterocycles. The summed E-state index contributed by atoms with van der Waals surface area (Å²) in [4.78, 5) is 7.79. The topological polar surface area (TPSA) is 35.0 Å². The summed E-state index contributed by atoms with van der Waals surface area (Å²) in [6, 6.07) is 1.79. The van der Waals surface area contributed by atoms with E-state index in [-0.39, 0.29) is 10.9 Å². The number of hydrogen-bond donors (Lipinski definition) is 0. The van der Waals surface area contributed by atoms with Crippen molar-refractivity contribution < 1.29 is 4.74 Å². The van der Waals surface area contributed by atoms with Crippen LogP contribution in [0.2, 0.25) is 5.28 Å². The van der Waals surface area contributed by atoms with Crippen molar-refractivity contribution in [1.82, 2.24) is 9.97 Å². The first kappa shape index (κ1) is 10.4. The van der Waals surface area contributed by atoms with E-state index < -0.39 is 0 Å². The number of nitrogens with zero attached hydrogens (tertiary/aromatic N) is 2. The number of ether oxygens (including phenoxy) is 1. The molecule has 4 heteroatoms. The standard InChI is InChI=1S/C9H13ClN2O/c1-9(2,3)13-6-7-4-5-11-8(10)12-7/h4-5H,6H2,1-3H3. The van der Waals surface area contributed by atoms with Crippen molar-refractivity contribution in [2.75, 3.05) is 0 Å². The van der Waals surface area contributed by atoms with Crippen LogP contribution in [0.25, 0.3) is 0 Å². The van der Waals surface area contributed by atoms with Crippen molar-refractivity contribution in [2.45, 2.75) is 33.0 Å². The SMILES string of the molecule is CC(C)(C)OCc1ccnc(Cl)n1. The Kier molecular flexibility index (Phi) is 3.22. The molecule has 0 bridgehead atoms. The minimum atomic E-state index is -0.155. The third kappa shape index (κ3) is 4.20. The van der Waals surface area contributed by atoms with E-state index >= 15 is 0 Å². The fraction of sp³-hybridized carbons (Fsp3) is 0.556. The van der Waals surface area contributed by atoms with E-state index in [1.165, 1.54) is 0 Å². The van der Waals surface area contributed by atoms with E-state index in [0.29, 0.717) is 6.61 Å². The van der Waals surface area contributed by atoms with Gasteiger partial charge in [0.2, 0.25) is 5.28 Å². The van der Waals surface area contributed by atoms with Gasteiger partial charge in [-0.1, -0.05) is 0 Å². The van der Waals surface area contributed by atoms with Crippen molar-refractivity contribution in [3.8, 4) is 0 Å². The second-order valence-corrected chi connectivity index (χ2v) is 4.06. The third-order valence-corrected chi connectivity index (χ3v) is 1.52. The summed E-state index contributed by atoms with van der Waals surface area (Å²) in [5.74, 6) is 0. The van der Waals surface area contributed by atoms with E-state index in [2.05, 4.69) is 9.97 Å². The Bertz CT molecular complexity index is 283. The first-order valence-corrected chi connectivity index (χ1v) is 4.46. The monoisotopic (exact) mass is 200 g/mol. The molecule has 1 rings (SSSR count). The molecule has 13 heavy (non-hydrogen) atoms. The van der Waals surface area contributed by atoms with E-state index in [9.17, 15) is 0 Å². The molecule has 0 aliphatic carbocycles. The fourth-order valence-electron chi connectivity index (χ4n) is 0.740. The maximum absolute atomic E-state index is 5.62. The molecule has 0 fully saturated rings. The maximum Gasteiger partial charge on any atom is 0.222 e. The maximum atomic E-state index is 5.62. The fourth-order valence-corrected chi connectivity index (χ4v) is 0.905. The molecule has 0 saturated carbocycles. The van der Waals surface area contributed by atoms with Gasteiger partial charge in [-0.25, -0.2) is 9.97 Å². The molecule has 0 radical (unpaired) electrons. The summed E-state index contributed by atoms with van der Waals surface area (Å²) in [5.41, 5.74) is 0.646. The van der Waals surface area contributed by atoms with Gasteiger partial charge in [0, 0.05) is 6.20 Å². The molecular weight excluding hydrogens is 188 g/mol. The second-order valence-electron chi connectivity index (χ2n) is 3.72. The highest BCUT2D eigenvalue weighted by atomic mass is 35.5. The van der Waals surface area contributed by atoms with Gasteiger partial charge in [-0.05, 0) is 38.4 Å². The minimum Gasteiger partial charge on any atom is -0.370 e. The molecule has 0 unspecified atom stereocenters. The van der Waals surface area contributed by atoms with Gasteiger partial charge in [0.15, 0.2) is 0 Å². The number of halogens is 1. The zero-order valence-corrected chi connectivity index (χ0v) is 8.80. The summed E-state index contributed by atoms with van der Waals surface area (Å²) in [5, 5.41) is 0.259. The molecule has 0 spiro atoms. The highest BCUT2D eigenvalue weighted by molar-refractivity contribution is 6.28. The van der Waals surface area contributed by atoms with Gasteiger partial charge >= 0.3 is 0 Å². The Labute approximate surface area is 83.1 Å². The van der Waals surface area contributed by atoms with Crippen molar-refractivity contribution in [3.05, 3.63) is 23.2 Å². The average molecular weight is 201 g/mol. The lowest BCUT2D eigenvalue weighted by atomic mass is 10.2. The predicted molar refractivity (Wildman–Crippen MR) is 51.6 cm³/mol. The lowest BCUT2D eigenvalue weighted by molar-refractivity contribution is -0.0165. The van der Waals surface area contributed by atoms with Crippen molar-refractivity contribution in [2.24, 2.45) is 0 Å². The molecule has 1 aromatic heterocycles. The summed E-state index contributed by atoms with van der Waals surface area (Å²) < 4.78 is 5.52. The minimum absolute atomic E-state index is 0.155. The lowest BCUT2D eigenvalue weighted by Crippen LogP contribution is -2.19. The summed E-state index contributed by atoms with van der Waals surface area (Å²) in [7, 11) is 0. The highest BCUT2D eigenvalue weighted by Gasteiger charge is 2.10. The van der Waals surface area contributed by atoms with Gasteiger partial charge in [0.05, 0.1) is 17.9 Å². The van der Waals surface area contributed by atoms with Crippen LogP contribution in [0.4, 0.5) is 0 Å². The first-order valence-electron chi connectivity index (χ1n) is 4.09. The quantitative estimate of drug-likeness (QED) is 0.688. The molecular formula is C9H13ClN2O. The van der Waals surface area contributed by atoms with Crippen LogP contribution in [0.5, 0.6) is 0 Å². The first-order chi connectivity index (χ1) is 5.97. The largest absolute Gasteiger partial charge is 0.370 e. The van der Waals surface area contributed by atoms with Crippen LogP contribution in [0.3, 0.4) is 0 Å². The zero-order valence-electron chi connectivity index (χ0n) is 8.04. The Balaban J connectivity index is 2.55. The van der Waals surface area contributed by atoms with Gasteiger partial charge in [-0.3, -0.25) is 0 Å². The molecule has 1 aromatic rings. The van der Waals surface area contributed by atoms with Crippen LogP contribution in [0.1, 0.15) is 26.5 Å². The molecule has 0 aromatic carbocycles. The lowest BCUT2D eigenvalue weighted by Gasteiger charge is -2.18. The third-order valence-electron chi connectivity index (χ3n) is 1.34. The van der Waals surface area contributed by atoms with Gasteiger partial charge in [0.1, 0.15) is 0 Å². The van der Waals surface area contributed by atoms with Crippen LogP contribution < -0.4 is 0 Å². The van der Waals surface area contributed by atoms with Gasteiger partial charge in [-0.15, -0.1) is 0 Å². The Hall–Kier alpha value is -0.670. The van der Waals surface area contributed by atoms with Gasteiger partial charge in [0.25, 0.3) is 0 Å². The van der Waals surface area contributed by atoms with Crippen molar-refractivity contribution in [1.29, 1.82) is 0 Å². The molecule has 0 aliphatic rings. The van der Waals surface area contributed by atoms with E-state index in [4.69, 9.17) is 16.3 Å². The average Bonchev–Trinajstić information content (AvgIpc) is 2.00. The second kappa shape index (κ2) is 4.03. The van der Waals surface area contributed by atoms with Gasteiger partial charge < -0.3 is 4.74 Å². The molecule has 0 N–H and O–H groups in total. The molecule has 3 nitrogen and oxygen atoms in total. The van der Waals surface area contributed by atoms with Crippen LogP contribution in [0.15, 0.2) is 12.3 Å². The van der Waals surface area contributed by atoms with Crippen LogP contribution in [-0.4, -0.2) is 15.6 Å². The van der Waals surface area contributed by atoms with E-state index in [0.717, 1.165) is 5.69 Å². The van der Waals surface area contributed by atoms with Gasteiger partial charge in [-0.2, -0.15) is 0 Å². The molecule has 72 valence electrons. The molecule has 0 atom stereocenters. The van der Waals surface area contributed by atoms with Crippen LogP contribution in [-0.2, 0) is 11.3 Å². The number of hydrogen-bond acceptors (Lipinski definition) is 3. The normalized spacial score (nSPS) is 11.7. The smallest absolute Gasteiger partial charge is 0.222 e. The summed E-state index contributed by atoms with van der Waals surface area (Å²) in [6.45, 7) is 6.45. The van der Waals surface area contributed by atoms with Crippen LogP contribution >= 0.6 is 11.6 Å². The summed E-state index contributed by atoms with van der Waals surface area (Å²) in [6.07, 6.45) is 1.62. The Morgan fingerprint density at radius 1 is 1.46 bits per heavy atom. The number of rotatable bonds is 2. The summed E-state index contributed by atoms with van der Waals surface area (Å²) >= 11 is 5.62. The Morgan fingerprint density at radius 2 is 2.15 bits per heavy atom. The van der Waals surface area contributed by atoms with E-state index in [1.807, 2.05) is 20.8 Å². The molecule has 1 heterocycles. The highest BCUT2D eigenvalue weighted by Crippen LogP contribution is 2.10. The number of aromatic nitrogens is 2. The predicted octanol–water partition coefficient (Wildman–Crippen LogP) is 2.45.